The van der Waals surface area contributed by atoms with Crippen molar-refractivity contribution in [3.8, 4) is 0 Å². The third-order valence-electron chi connectivity index (χ3n) is 1.90. The fourth-order valence-corrected chi connectivity index (χ4v) is 2.33. The van der Waals surface area contributed by atoms with Crippen LogP contribution in [0.5, 0.6) is 0 Å². The molecule has 1 aromatic carbocycles. The van der Waals surface area contributed by atoms with Gasteiger partial charge in [0.15, 0.2) is 0 Å². The summed E-state index contributed by atoms with van der Waals surface area (Å²) in [4.78, 5) is 0.941. The maximum Gasteiger partial charge on any atom is 0.287 e. The lowest BCUT2D eigenvalue weighted by atomic mass is 10.4. The summed E-state index contributed by atoms with van der Waals surface area (Å²) >= 11 is 12.8. The van der Waals surface area contributed by atoms with Gasteiger partial charge in [-0.1, -0.05) is 11.6 Å². The van der Waals surface area contributed by atoms with Crippen LogP contribution in [0.15, 0.2) is 52.4 Å². The molecule has 82 valence electrons. The molecule has 0 bridgehead atoms. The van der Waals surface area contributed by atoms with Crippen LogP contribution >= 0.6 is 35.0 Å². The lowest BCUT2D eigenvalue weighted by Crippen LogP contribution is -2.29. The second-order valence-electron chi connectivity index (χ2n) is 3.04. The average molecular weight is 272 g/mol. The molecule has 0 amide bonds. The maximum atomic E-state index is 11.6. The monoisotopic (exact) mass is 271 g/mol. The highest BCUT2D eigenvalue weighted by atomic mass is 35.5. The Morgan fingerprint density at radius 2 is 1.69 bits per heavy atom. The van der Waals surface area contributed by atoms with Gasteiger partial charge in [0.2, 0.25) is 0 Å². The molecule has 0 fully saturated rings. The standard InChI is InChI=1S/C11H7Cl2NOS/c12-8-4-6-9(7-5-8)16-11-3-1-2-10(13)14(11)15/h1-7H. The number of halogens is 2. The molecule has 0 unspecified atom stereocenters. The lowest BCUT2D eigenvalue weighted by molar-refractivity contribution is -0.643. The predicted octanol–water partition coefficient (Wildman–Crippen LogP) is 3.78. The van der Waals surface area contributed by atoms with Crippen molar-refractivity contribution >= 4 is 35.0 Å². The largest absolute Gasteiger partial charge is 0.617 e. The molecule has 0 saturated carbocycles. The third-order valence-corrected chi connectivity index (χ3v) is 3.45. The normalized spacial score (nSPS) is 10.4. The van der Waals surface area contributed by atoms with E-state index in [-0.39, 0.29) is 5.15 Å². The summed E-state index contributed by atoms with van der Waals surface area (Å²) in [7, 11) is 0. The fraction of sp³-hybridized carbons (Fsp3) is 0. The summed E-state index contributed by atoms with van der Waals surface area (Å²) in [5.41, 5.74) is 0. The molecule has 5 heteroatoms. The van der Waals surface area contributed by atoms with Crippen molar-refractivity contribution in [1.29, 1.82) is 0 Å². The van der Waals surface area contributed by atoms with Gasteiger partial charge in [-0.25, -0.2) is 0 Å². The highest BCUT2D eigenvalue weighted by Gasteiger charge is 2.10. The maximum absolute atomic E-state index is 11.6. The number of hydrogen-bond acceptors (Lipinski definition) is 2. The first-order valence-corrected chi connectivity index (χ1v) is 6.05. The van der Waals surface area contributed by atoms with E-state index < -0.39 is 0 Å². The van der Waals surface area contributed by atoms with Crippen molar-refractivity contribution in [2.24, 2.45) is 0 Å². The van der Waals surface area contributed by atoms with Crippen LogP contribution in [0.1, 0.15) is 0 Å². The number of aromatic nitrogens is 1. The Labute approximate surface area is 107 Å². The zero-order chi connectivity index (χ0) is 11.5. The van der Waals surface area contributed by atoms with E-state index in [1.165, 1.54) is 11.8 Å². The summed E-state index contributed by atoms with van der Waals surface area (Å²) in [5.74, 6) is 0. The molecule has 2 aromatic rings. The number of benzene rings is 1. The van der Waals surface area contributed by atoms with Crippen LogP contribution in [0.2, 0.25) is 10.2 Å². The minimum Gasteiger partial charge on any atom is -0.617 e. The molecular weight excluding hydrogens is 265 g/mol. The number of hydrogen-bond donors (Lipinski definition) is 0. The fourth-order valence-electron chi connectivity index (χ4n) is 1.15. The summed E-state index contributed by atoms with van der Waals surface area (Å²) in [6.45, 7) is 0. The average Bonchev–Trinajstić information content (AvgIpc) is 2.28. The second-order valence-corrected chi connectivity index (χ2v) is 4.95. The van der Waals surface area contributed by atoms with Gasteiger partial charge in [-0.05, 0) is 53.7 Å². The molecule has 0 saturated heterocycles. The first kappa shape index (κ1) is 11.6. The smallest absolute Gasteiger partial charge is 0.287 e. The first-order chi connectivity index (χ1) is 7.66. The summed E-state index contributed by atoms with van der Waals surface area (Å²) < 4.78 is 0.695. The second kappa shape index (κ2) is 4.95. The van der Waals surface area contributed by atoms with Crippen LogP contribution in [0.3, 0.4) is 0 Å². The van der Waals surface area contributed by atoms with Crippen molar-refractivity contribution in [3.63, 3.8) is 0 Å². The Kier molecular flexibility index (Phi) is 3.59. The van der Waals surface area contributed by atoms with Gasteiger partial charge in [0.1, 0.15) is 0 Å². The minimum atomic E-state index is 0.166. The van der Waals surface area contributed by atoms with E-state index in [0.29, 0.717) is 14.8 Å². The Bertz CT molecular complexity index is 502. The third kappa shape index (κ3) is 2.61. The Morgan fingerprint density at radius 3 is 2.38 bits per heavy atom. The Morgan fingerprint density at radius 1 is 1.00 bits per heavy atom. The number of rotatable bonds is 2. The summed E-state index contributed by atoms with van der Waals surface area (Å²) in [6.07, 6.45) is 0. The minimum absolute atomic E-state index is 0.166. The topological polar surface area (TPSA) is 26.9 Å². The van der Waals surface area contributed by atoms with Crippen molar-refractivity contribution < 1.29 is 4.73 Å². The van der Waals surface area contributed by atoms with Gasteiger partial charge in [0.25, 0.3) is 10.2 Å². The van der Waals surface area contributed by atoms with E-state index in [9.17, 15) is 5.21 Å². The van der Waals surface area contributed by atoms with Crippen molar-refractivity contribution in [3.05, 3.63) is 57.8 Å². The molecule has 0 aliphatic rings. The molecular formula is C11H7Cl2NOS. The molecule has 16 heavy (non-hydrogen) atoms. The van der Waals surface area contributed by atoms with Crippen LogP contribution in [-0.2, 0) is 0 Å². The molecule has 1 heterocycles. The van der Waals surface area contributed by atoms with E-state index in [0.717, 1.165) is 4.90 Å². The lowest BCUT2D eigenvalue weighted by Gasteiger charge is -2.04. The van der Waals surface area contributed by atoms with Crippen LogP contribution in [-0.4, -0.2) is 0 Å². The number of nitrogens with zero attached hydrogens (tertiary/aromatic N) is 1. The SMILES string of the molecule is [O-][n+]1c(Cl)cccc1Sc1ccc(Cl)cc1. The first-order valence-electron chi connectivity index (χ1n) is 4.48. The Balaban J connectivity index is 2.27. The summed E-state index contributed by atoms with van der Waals surface area (Å²) in [6, 6.07) is 12.3. The van der Waals surface area contributed by atoms with Crippen LogP contribution in [0, 0.1) is 5.21 Å². The van der Waals surface area contributed by atoms with Crippen LogP contribution in [0.4, 0.5) is 0 Å². The van der Waals surface area contributed by atoms with Gasteiger partial charge in [0, 0.05) is 22.1 Å². The molecule has 0 spiro atoms. The van der Waals surface area contributed by atoms with Gasteiger partial charge < -0.3 is 5.21 Å². The van der Waals surface area contributed by atoms with Crippen molar-refractivity contribution in [2.45, 2.75) is 9.92 Å². The molecule has 2 rings (SSSR count). The van der Waals surface area contributed by atoms with Gasteiger partial charge in [-0.3, -0.25) is 0 Å². The highest BCUT2D eigenvalue weighted by molar-refractivity contribution is 7.99. The van der Waals surface area contributed by atoms with Crippen molar-refractivity contribution in [1.82, 2.24) is 0 Å². The van der Waals surface area contributed by atoms with Gasteiger partial charge >= 0.3 is 0 Å². The molecule has 0 aliphatic heterocycles. The van der Waals surface area contributed by atoms with Crippen molar-refractivity contribution in [2.75, 3.05) is 0 Å². The highest BCUT2D eigenvalue weighted by Crippen LogP contribution is 2.26. The van der Waals surface area contributed by atoms with Gasteiger partial charge in [-0.2, -0.15) is 0 Å². The molecule has 0 atom stereocenters. The predicted molar refractivity (Wildman–Crippen MR) is 66.0 cm³/mol. The number of pyridine rings is 1. The van der Waals surface area contributed by atoms with E-state index in [2.05, 4.69) is 0 Å². The summed E-state index contributed by atoms with van der Waals surface area (Å²) in [5, 5.41) is 13.0. The van der Waals surface area contributed by atoms with E-state index in [4.69, 9.17) is 23.2 Å². The molecule has 0 radical (unpaired) electrons. The molecule has 0 aliphatic carbocycles. The van der Waals surface area contributed by atoms with E-state index in [1.807, 2.05) is 12.1 Å². The quantitative estimate of drug-likeness (QED) is 0.472. The molecule has 0 N–H and O–H groups in total. The zero-order valence-corrected chi connectivity index (χ0v) is 10.4. The Hall–Kier alpha value is -0.900. The van der Waals surface area contributed by atoms with Crippen LogP contribution < -0.4 is 4.73 Å². The van der Waals surface area contributed by atoms with Crippen LogP contribution in [0.25, 0.3) is 0 Å². The van der Waals surface area contributed by atoms with E-state index >= 15 is 0 Å². The van der Waals surface area contributed by atoms with Gasteiger partial charge in [-0.15, -0.1) is 4.73 Å². The molecule has 1 aromatic heterocycles. The zero-order valence-electron chi connectivity index (χ0n) is 8.06. The van der Waals surface area contributed by atoms with E-state index in [1.54, 1.807) is 30.3 Å². The van der Waals surface area contributed by atoms with Gasteiger partial charge in [0.05, 0.1) is 0 Å². The molecule has 2 nitrogen and oxygen atoms in total.